The van der Waals surface area contributed by atoms with Crippen molar-refractivity contribution in [3.8, 4) is 5.75 Å². The number of hydrogen-bond donors (Lipinski definition) is 1. The molecule has 0 fully saturated rings. The molecule has 6 heteroatoms. The van der Waals surface area contributed by atoms with Crippen LogP contribution < -0.4 is 15.2 Å². The molecule has 0 spiro atoms. The average molecular weight is 325 g/mol. The Balaban J connectivity index is 1.71. The fourth-order valence-corrected chi connectivity index (χ4v) is 2.66. The highest BCUT2D eigenvalue weighted by Gasteiger charge is 2.10. The molecular formula is C18H21N4O2+. The smallest absolute Gasteiger partial charge is 0.282 e. The Labute approximate surface area is 140 Å². The number of nitrogens with zero attached hydrogens (tertiary/aromatic N) is 3. The van der Waals surface area contributed by atoms with Gasteiger partial charge >= 0.3 is 0 Å². The maximum absolute atomic E-state index is 12.5. The van der Waals surface area contributed by atoms with Gasteiger partial charge in [0.2, 0.25) is 0 Å². The van der Waals surface area contributed by atoms with Gasteiger partial charge in [0, 0.05) is 5.56 Å². The van der Waals surface area contributed by atoms with E-state index in [1.165, 1.54) is 10.2 Å². The SMILES string of the molecule is CCOc1ccc(C[NH+](C)Cn2nnc3ccccc3c2=O)cc1. The van der Waals surface area contributed by atoms with E-state index < -0.39 is 0 Å². The van der Waals surface area contributed by atoms with Gasteiger partial charge in [-0.3, -0.25) is 4.79 Å². The molecule has 24 heavy (non-hydrogen) atoms. The molecule has 1 heterocycles. The van der Waals surface area contributed by atoms with Crippen LogP contribution in [0.2, 0.25) is 0 Å². The summed E-state index contributed by atoms with van der Waals surface area (Å²) in [5.41, 5.74) is 1.70. The summed E-state index contributed by atoms with van der Waals surface area (Å²) in [6.07, 6.45) is 0. The third-order valence-electron chi connectivity index (χ3n) is 3.79. The molecule has 3 aromatic rings. The normalized spacial score (nSPS) is 12.2. The van der Waals surface area contributed by atoms with Crippen molar-refractivity contribution in [2.24, 2.45) is 0 Å². The highest BCUT2D eigenvalue weighted by Crippen LogP contribution is 2.11. The van der Waals surface area contributed by atoms with Crippen LogP contribution >= 0.6 is 0 Å². The summed E-state index contributed by atoms with van der Waals surface area (Å²) >= 11 is 0. The highest BCUT2D eigenvalue weighted by atomic mass is 16.5. The number of quaternary nitrogens is 1. The maximum atomic E-state index is 12.5. The Bertz CT molecular complexity index is 874. The zero-order chi connectivity index (χ0) is 16.9. The first-order chi connectivity index (χ1) is 11.7. The molecule has 0 saturated heterocycles. The Morgan fingerprint density at radius 1 is 1.12 bits per heavy atom. The van der Waals surface area contributed by atoms with Gasteiger partial charge in [0.25, 0.3) is 5.56 Å². The minimum Gasteiger partial charge on any atom is -0.494 e. The van der Waals surface area contributed by atoms with Crippen LogP contribution in [0.1, 0.15) is 12.5 Å². The van der Waals surface area contributed by atoms with Crippen molar-refractivity contribution >= 4 is 10.9 Å². The molecule has 1 atom stereocenters. The minimum atomic E-state index is -0.105. The first-order valence-corrected chi connectivity index (χ1v) is 8.03. The molecule has 6 nitrogen and oxygen atoms in total. The molecule has 0 bridgehead atoms. The van der Waals surface area contributed by atoms with Crippen LogP contribution in [-0.2, 0) is 13.2 Å². The van der Waals surface area contributed by atoms with E-state index in [1.54, 1.807) is 12.1 Å². The lowest BCUT2D eigenvalue weighted by molar-refractivity contribution is -0.917. The molecule has 1 aromatic heterocycles. The van der Waals surface area contributed by atoms with Gasteiger partial charge < -0.3 is 9.64 Å². The average Bonchev–Trinajstić information content (AvgIpc) is 2.60. The topological polar surface area (TPSA) is 61.5 Å². The zero-order valence-electron chi connectivity index (χ0n) is 13.9. The first-order valence-electron chi connectivity index (χ1n) is 8.03. The van der Waals surface area contributed by atoms with Crippen molar-refractivity contribution in [3.63, 3.8) is 0 Å². The summed E-state index contributed by atoms with van der Waals surface area (Å²) in [5, 5.41) is 8.76. The molecule has 0 aliphatic carbocycles. The maximum Gasteiger partial charge on any atom is 0.282 e. The van der Waals surface area contributed by atoms with Gasteiger partial charge in [0.15, 0.2) is 6.67 Å². The molecule has 0 saturated carbocycles. The van der Waals surface area contributed by atoms with Crippen molar-refractivity contribution in [1.29, 1.82) is 0 Å². The standard InChI is InChI=1S/C18H20N4O2/c1-3-24-15-10-8-14(9-11-15)12-21(2)13-22-18(23)16-6-4-5-7-17(16)19-20-22/h4-11H,3,12-13H2,1-2H3/p+1. The van der Waals surface area contributed by atoms with E-state index in [4.69, 9.17) is 4.74 Å². The largest absolute Gasteiger partial charge is 0.494 e. The summed E-state index contributed by atoms with van der Waals surface area (Å²) in [6, 6.07) is 15.3. The minimum absolute atomic E-state index is 0.105. The van der Waals surface area contributed by atoms with Gasteiger partial charge in [-0.15, -0.1) is 5.10 Å². The Morgan fingerprint density at radius 3 is 2.62 bits per heavy atom. The monoisotopic (exact) mass is 325 g/mol. The van der Waals surface area contributed by atoms with Crippen LogP contribution in [0, 0.1) is 0 Å². The Kier molecular flexibility index (Phi) is 4.86. The molecule has 0 radical (unpaired) electrons. The zero-order valence-corrected chi connectivity index (χ0v) is 13.9. The van der Waals surface area contributed by atoms with E-state index >= 15 is 0 Å². The molecule has 2 aromatic carbocycles. The van der Waals surface area contributed by atoms with Gasteiger partial charge in [-0.25, -0.2) is 0 Å². The second-order valence-electron chi connectivity index (χ2n) is 5.78. The predicted octanol–water partition coefficient (Wildman–Crippen LogP) is 0.863. The van der Waals surface area contributed by atoms with Gasteiger partial charge in [-0.1, -0.05) is 17.3 Å². The van der Waals surface area contributed by atoms with E-state index in [1.807, 2.05) is 50.4 Å². The van der Waals surface area contributed by atoms with E-state index in [2.05, 4.69) is 10.3 Å². The molecule has 124 valence electrons. The highest BCUT2D eigenvalue weighted by molar-refractivity contribution is 5.76. The molecule has 0 amide bonds. The summed E-state index contributed by atoms with van der Waals surface area (Å²) < 4.78 is 6.87. The lowest BCUT2D eigenvalue weighted by Gasteiger charge is -2.14. The summed E-state index contributed by atoms with van der Waals surface area (Å²) in [5.74, 6) is 0.871. The van der Waals surface area contributed by atoms with Crippen LogP contribution in [0.4, 0.5) is 0 Å². The van der Waals surface area contributed by atoms with E-state index in [0.29, 0.717) is 24.2 Å². The van der Waals surface area contributed by atoms with E-state index in [0.717, 1.165) is 17.2 Å². The van der Waals surface area contributed by atoms with Crippen LogP contribution in [0.3, 0.4) is 0 Å². The third-order valence-corrected chi connectivity index (χ3v) is 3.79. The molecule has 1 N–H and O–H groups in total. The lowest BCUT2D eigenvalue weighted by atomic mass is 10.2. The van der Waals surface area contributed by atoms with Crippen molar-refractivity contribution in [2.45, 2.75) is 20.1 Å². The van der Waals surface area contributed by atoms with Gasteiger partial charge in [-0.05, 0) is 43.3 Å². The van der Waals surface area contributed by atoms with Crippen molar-refractivity contribution in [1.82, 2.24) is 15.0 Å². The second kappa shape index (κ2) is 7.23. The van der Waals surface area contributed by atoms with Crippen molar-refractivity contribution < 1.29 is 9.64 Å². The Morgan fingerprint density at radius 2 is 1.88 bits per heavy atom. The third kappa shape index (κ3) is 3.60. The molecule has 1 unspecified atom stereocenters. The number of fused-ring (bicyclic) bond motifs is 1. The Hall–Kier alpha value is -2.73. The van der Waals surface area contributed by atoms with Crippen LogP contribution in [0.15, 0.2) is 53.3 Å². The number of hydrogen-bond acceptors (Lipinski definition) is 4. The predicted molar refractivity (Wildman–Crippen MR) is 92.0 cm³/mol. The fraction of sp³-hybridized carbons (Fsp3) is 0.278. The number of nitrogens with one attached hydrogen (secondary N) is 1. The lowest BCUT2D eigenvalue weighted by Crippen LogP contribution is -3.07. The number of ether oxygens (including phenoxy) is 1. The van der Waals surface area contributed by atoms with Crippen molar-refractivity contribution in [2.75, 3.05) is 13.7 Å². The summed E-state index contributed by atoms with van der Waals surface area (Å²) in [4.78, 5) is 13.6. The van der Waals surface area contributed by atoms with E-state index in [9.17, 15) is 4.79 Å². The molecule has 0 aliphatic rings. The molecule has 0 aliphatic heterocycles. The van der Waals surface area contributed by atoms with E-state index in [-0.39, 0.29) is 5.56 Å². The van der Waals surface area contributed by atoms with Crippen LogP contribution in [-0.4, -0.2) is 28.6 Å². The van der Waals surface area contributed by atoms with Crippen LogP contribution in [0.25, 0.3) is 10.9 Å². The first kappa shape index (κ1) is 16.1. The molecular weight excluding hydrogens is 304 g/mol. The van der Waals surface area contributed by atoms with Gasteiger partial charge in [-0.2, -0.15) is 4.68 Å². The quantitative estimate of drug-likeness (QED) is 0.730. The molecule has 3 rings (SSSR count). The van der Waals surface area contributed by atoms with Crippen LogP contribution in [0.5, 0.6) is 5.75 Å². The van der Waals surface area contributed by atoms with Crippen molar-refractivity contribution in [3.05, 3.63) is 64.4 Å². The van der Waals surface area contributed by atoms with Gasteiger partial charge in [0.05, 0.1) is 19.0 Å². The second-order valence-corrected chi connectivity index (χ2v) is 5.78. The number of benzene rings is 2. The summed E-state index contributed by atoms with van der Waals surface area (Å²) in [6.45, 7) is 3.87. The van der Waals surface area contributed by atoms with Gasteiger partial charge in [0.1, 0.15) is 17.8 Å². The summed E-state index contributed by atoms with van der Waals surface area (Å²) in [7, 11) is 2.03. The fourth-order valence-electron chi connectivity index (χ4n) is 2.66. The number of rotatable bonds is 6. The number of aromatic nitrogens is 3.